The van der Waals surface area contributed by atoms with Gasteiger partial charge in [0.15, 0.2) is 0 Å². The molecule has 168 valence electrons. The fraction of sp³-hybridized carbons (Fsp3) is 0.111. The fourth-order valence-electron chi connectivity index (χ4n) is 1.53. The number of nitrogens with two attached hydrogens (primary N) is 1. The number of hydrogen-bond acceptors (Lipinski definition) is 6. The van der Waals surface area contributed by atoms with Crippen molar-refractivity contribution in [1.29, 1.82) is 10.5 Å². The van der Waals surface area contributed by atoms with Crippen LogP contribution in [0.4, 0.5) is 42.5 Å². The molecule has 32 heavy (non-hydrogen) atoms. The van der Waals surface area contributed by atoms with Gasteiger partial charge >= 0.3 is 18.6 Å². The van der Waals surface area contributed by atoms with Gasteiger partial charge in [-0.15, -0.1) is 18.2 Å². The first kappa shape index (κ1) is 27.5. The summed E-state index contributed by atoms with van der Waals surface area (Å²) in [6.07, 6.45) is -9.16. The van der Waals surface area contributed by atoms with Crippen LogP contribution in [-0.2, 0) is 4.79 Å². The van der Waals surface area contributed by atoms with Crippen LogP contribution in [-0.4, -0.2) is 24.7 Å². The maximum Gasteiger partial charge on any atom is 0.513 e. The number of halogens is 6. The average Bonchev–Trinajstić information content (AvgIpc) is 2.68. The van der Waals surface area contributed by atoms with Gasteiger partial charge in [0, 0.05) is 11.4 Å². The van der Waals surface area contributed by atoms with E-state index in [9.17, 15) is 31.1 Å². The van der Waals surface area contributed by atoms with Gasteiger partial charge in [-0.1, -0.05) is 0 Å². The van der Waals surface area contributed by atoms with E-state index in [1.807, 2.05) is 17.5 Å². The Balaban J connectivity index is 0.000000506. The Labute approximate surface area is 176 Å². The Hall–Kier alpha value is -4.55. The zero-order valence-electron chi connectivity index (χ0n) is 15.6. The SMILES string of the molecule is N#Cc1ccc(N)cc1.N#Cc1ccc(NC(=O)NC(F)(F)F)cc1.O=C=NC(F)(F)F. The van der Waals surface area contributed by atoms with Crippen molar-refractivity contribution in [2.24, 2.45) is 4.99 Å². The van der Waals surface area contributed by atoms with E-state index < -0.39 is 18.6 Å². The van der Waals surface area contributed by atoms with Crippen molar-refractivity contribution in [3.8, 4) is 12.1 Å². The molecule has 0 atom stereocenters. The minimum atomic E-state index is -4.77. The third kappa shape index (κ3) is 14.4. The lowest BCUT2D eigenvalue weighted by atomic mass is 10.2. The summed E-state index contributed by atoms with van der Waals surface area (Å²) in [5.41, 5.74) is 7.22. The van der Waals surface area contributed by atoms with E-state index in [2.05, 4.69) is 0 Å². The molecule has 0 aliphatic rings. The monoisotopic (exact) mass is 458 g/mol. The molecule has 0 fully saturated rings. The molecule has 0 radical (unpaired) electrons. The minimum Gasteiger partial charge on any atom is -0.399 e. The largest absolute Gasteiger partial charge is 0.513 e. The fourth-order valence-corrected chi connectivity index (χ4v) is 1.53. The zero-order valence-corrected chi connectivity index (χ0v) is 15.6. The van der Waals surface area contributed by atoms with Crippen LogP contribution >= 0.6 is 0 Å². The first-order valence-electron chi connectivity index (χ1n) is 7.87. The Morgan fingerprint density at radius 3 is 1.62 bits per heavy atom. The molecular weight excluding hydrogens is 446 g/mol. The van der Waals surface area contributed by atoms with Crippen LogP contribution in [0, 0.1) is 22.7 Å². The molecule has 0 aliphatic heterocycles. The van der Waals surface area contributed by atoms with Gasteiger partial charge < -0.3 is 11.1 Å². The number of urea groups is 1. The predicted molar refractivity (Wildman–Crippen MR) is 99.1 cm³/mol. The highest BCUT2D eigenvalue weighted by atomic mass is 19.4. The Kier molecular flexibility index (Phi) is 11.1. The van der Waals surface area contributed by atoms with Crippen LogP contribution in [0.1, 0.15) is 11.1 Å². The van der Waals surface area contributed by atoms with E-state index in [1.54, 1.807) is 24.3 Å². The number of nitriles is 2. The van der Waals surface area contributed by atoms with Gasteiger partial charge in [0.25, 0.3) is 0 Å². The smallest absolute Gasteiger partial charge is 0.399 e. The molecule has 0 unspecified atom stereocenters. The van der Waals surface area contributed by atoms with Crippen molar-refractivity contribution in [2.45, 2.75) is 12.6 Å². The van der Waals surface area contributed by atoms with E-state index in [0.29, 0.717) is 22.9 Å². The molecule has 2 aromatic carbocycles. The molecule has 8 nitrogen and oxygen atoms in total. The highest BCUT2D eigenvalue weighted by Gasteiger charge is 2.30. The quantitative estimate of drug-likeness (QED) is 0.193. The van der Waals surface area contributed by atoms with Crippen molar-refractivity contribution < 1.29 is 35.9 Å². The molecule has 2 amide bonds. The number of carbonyl (C=O) groups is 1. The number of nitrogen functional groups attached to an aromatic ring is 1. The summed E-state index contributed by atoms with van der Waals surface area (Å²) in [4.78, 5) is 21.0. The van der Waals surface area contributed by atoms with Crippen LogP contribution < -0.4 is 16.4 Å². The summed E-state index contributed by atoms with van der Waals surface area (Å²) >= 11 is 0. The van der Waals surface area contributed by atoms with Crippen LogP contribution in [0.3, 0.4) is 0 Å². The van der Waals surface area contributed by atoms with E-state index in [1.165, 1.54) is 29.3 Å². The second-order valence-electron chi connectivity index (χ2n) is 5.17. The van der Waals surface area contributed by atoms with Crippen molar-refractivity contribution >= 4 is 23.5 Å². The number of aliphatic imine (C=N–C) groups is 1. The summed E-state index contributed by atoms with van der Waals surface area (Å²) in [5.74, 6) is 0. The lowest BCUT2D eigenvalue weighted by Gasteiger charge is -2.09. The number of benzene rings is 2. The van der Waals surface area contributed by atoms with Crippen LogP contribution in [0.25, 0.3) is 0 Å². The van der Waals surface area contributed by atoms with E-state index >= 15 is 0 Å². The van der Waals surface area contributed by atoms with Gasteiger partial charge in [0.2, 0.25) is 6.08 Å². The number of nitrogens with zero attached hydrogens (tertiary/aromatic N) is 3. The van der Waals surface area contributed by atoms with Crippen LogP contribution in [0.2, 0.25) is 0 Å². The summed E-state index contributed by atoms with van der Waals surface area (Å²) < 4.78 is 67.0. The topological polar surface area (TPSA) is 144 Å². The molecule has 0 aromatic heterocycles. The predicted octanol–water partition coefficient (Wildman–Crippen LogP) is 4.18. The second kappa shape index (κ2) is 12.9. The standard InChI is InChI=1S/C9H6F3N3O.C7H6N2.C2F3NO/c10-9(11,12)15-8(16)14-7-3-1-6(5-13)2-4-7;8-5-6-1-3-7(9)4-2-6;3-2(4,5)6-1-7/h1-4H,(H2,14,15,16);1-4H,9H2;. The molecule has 14 heteroatoms. The van der Waals surface area contributed by atoms with E-state index in [0.717, 1.165) is 5.32 Å². The number of carbonyl (C=O) groups excluding carboxylic acids is 2. The molecule has 0 spiro atoms. The molecule has 4 N–H and O–H groups in total. The Bertz CT molecular complexity index is 999. The summed E-state index contributed by atoms with van der Waals surface area (Å²) in [6.45, 7) is 0. The summed E-state index contributed by atoms with van der Waals surface area (Å²) in [5, 5.41) is 19.6. The Morgan fingerprint density at radius 2 is 1.31 bits per heavy atom. The highest BCUT2D eigenvalue weighted by Crippen LogP contribution is 2.14. The molecule has 0 aliphatic carbocycles. The normalized spacial score (nSPS) is 9.75. The Morgan fingerprint density at radius 1 is 0.875 bits per heavy atom. The van der Waals surface area contributed by atoms with Gasteiger partial charge in [-0.05, 0) is 48.5 Å². The zero-order chi connectivity index (χ0) is 24.8. The molecule has 0 bridgehead atoms. The molecule has 0 saturated carbocycles. The number of nitrogens with one attached hydrogen (secondary N) is 2. The summed E-state index contributed by atoms with van der Waals surface area (Å²) in [6, 6.07) is 14.7. The number of hydrogen-bond donors (Lipinski definition) is 3. The molecule has 0 saturated heterocycles. The van der Waals surface area contributed by atoms with E-state index in [4.69, 9.17) is 21.1 Å². The first-order valence-corrected chi connectivity index (χ1v) is 7.87. The maximum atomic E-state index is 11.7. The van der Waals surface area contributed by atoms with E-state index in [-0.39, 0.29) is 5.69 Å². The lowest BCUT2D eigenvalue weighted by Crippen LogP contribution is -2.40. The van der Waals surface area contributed by atoms with Gasteiger partial charge in [-0.25, -0.2) is 14.9 Å². The average molecular weight is 458 g/mol. The van der Waals surface area contributed by atoms with Crippen LogP contribution in [0.5, 0.6) is 0 Å². The third-order valence-corrected chi connectivity index (χ3v) is 2.74. The highest BCUT2D eigenvalue weighted by molar-refractivity contribution is 5.89. The van der Waals surface area contributed by atoms with Crippen molar-refractivity contribution in [3.63, 3.8) is 0 Å². The van der Waals surface area contributed by atoms with Crippen molar-refractivity contribution in [3.05, 3.63) is 59.7 Å². The molecule has 0 heterocycles. The number of rotatable bonds is 1. The van der Waals surface area contributed by atoms with Gasteiger partial charge in [-0.3, -0.25) is 0 Å². The minimum absolute atomic E-state index is 0.167. The molecular formula is C18H12F6N6O2. The third-order valence-electron chi connectivity index (χ3n) is 2.74. The first-order chi connectivity index (χ1) is 14.8. The lowest BCUT2D eigenvalue weighted by molar-refractivity contribution is -0.144. The van der Waals surface area contributed by atoms with Crippen molar-refractivity contribution in [2.75, 3.05) is 11.1 Å². The maximum absolute atomic E-state index is 11.7. The van der Waals surface area contributed by atoms with Gasteiger partial charge in [0.05, 0.1) is 23.3 Å². The van der Waals surface area contributed by atoms with Crippen LogP contribution in [0.15, 0.2) is 53.5 Å². The molecule has 2 rings (SSSR count). The van der Waals surface area contributed by atoms with Gasteiger partial charge in [-0.2, -0.15) is 23.7 Å². The number of anilines is 2. The van der Waals surface area contributed by atoms with Crippen molar-refractivity contribution in [1.82, 2.24) is 5.32 Å². The number of alkyl halides is 6. The number of amides is 2. The summed E-state index contributed by atoms with van der Waals surface area (Å²) in [7, 11) is 0. The molecule has 2 aromatic rings. The van der Waals surface area contributed by atoms with Gasteiger partial charge in [0.1, 0.15) is 0 Å². The second-order valence-corrected chi connectivity index (χ2v) is 5.17. The number of isocyanates is 1.